The third-order valence-electron chi connectivity index (χ3n) is 3.91. The molecule has 1 amide bonds. The van der Waals surface area contributed by atoms with Gasteiger partial charge in [-0.1, -0.05) is 6.07 Å². The van der Waals surface area contributed by atoms with Gasteiger partial charge in [0.25, 0.3) is 11.5 Å². The van der Waals surface area contributed by atoms with E-state index in [0.717, 1.165) is 16.0 Å². The van der Waals surface area contributed by atoms with Gasteiger partial charge in [0, 0.05) is 19.8 Å². The minimum Gasteiger partial charge on any atom is -0.345 e. The van der Waals surface area contributed by atoms with Gasteiger partial charge in [-0.3, -0.25) is 23.7 Å². The van der Waals surface area contributed by atoms with Crippen LogP contribution in [0.2, 0.25) is 0 Å². The Hall–Kier alpha value is -3.29. The highest BCUT2D eigenvalue weighted by Crippen LogP contribution is 2.06. The number of hydrogen-bond donors (Lipinski definition) is 1. The van der Waals surface area contributed by atoms with E-state index in [1.165, 1.54) is 30.8 Å². The minimum atomic E-state index is -0.494. The highest BCUT2D eigenvalue weighted by molar-refractivity contribution is 5.94. The summed E-state index contributed by atoms with van der Waals surface area (Å²) in [6.07, 6.45) is 0. The molecule has 0 atom stereocenters. The Labute approximate surface area is 142 Å². The second-order valence-corrected chi connectivity index (χ2v) is 5.73. The van der Waals surface area contributed by atoms with E-state index in [-0.39, 0.29) is 23.3 Å². The predicted molar refractivity (Wildman–Crippen MR) is 92.4 cm³/mol. The highest BCUT2D eigenvalue weighted by atomic mass is 16.2. The van der Waals surface area contributed by atoms with Gasteiger partial charge in [-0.05, 0) is 31.2 Å². The van der Waals surface area contributed by atoms with Crippen molar-refractivity contribution in [2.45, 2.75) is 13.5 Å². The Morgan fingerprint density at radius 2 is 1.84 bits per heavy atom. The molecule has 25 heavy (non-hydrogen) atoms. The topological polar surface area (TPSA) is 98.9 Å². The maximum absolute atomic E-state index is 12.3. The summed E-state index contributed by atoms with van der Waals surface area (Å²) in [7, 11) is 2.91. The summed E-state index contributed by atoms with van der Waals surface area (Å²) in [6, 6.07) is 8.52. The van der Waals surface area contributed by atoms with Crippen LogP contribution in [0.1, 0.15) is 21.9 Å². The number of rotatable bonds is 3. The van der Waals surface area contributed by atoms with E-state index in [9.17, 15) is 14.4 Å². The molecule has 0 aliphatic carbocycles. The van der Waals surface area contributed by atoms with Crippen LogP contribution >= 0.6 is 0 Å². The van der Waals surface area contributed by atoms with E-state index in [4.69, 9.17) is 0 Å². The average Bonchev–Trinajstić information content (AvgIpc) is 2.62. The van der Waals surface area contributed by atoms with Crippen molar-refractivity contribution < 1.29 is 4.79 Å². The normalized spacial score (nSPS) is 10.8. The average molecular weight is 339 g/mol. The molecule has 0 fully saturated rings. The smallest absolute Gasteiger partial charge is 0.332 e. The lowest BCUT2D eigenvalue weighted by Gasteiger charge is -2.09. The van der Waals surface area contributed by atoms with Gasteiger partial charge >= 0.3 is 5.69 Å². The van der Waals surface area contributed by atoms with E-state index in [0.29, 0.717) is 0 Å². The fourth-order valence-electron chi connectivity index (χ4n) is 2.54. The van der Waals surface area contributed by atoms with Crippen molar-refractivity contribution >= 4 is 16.9 Å². The van der Waals surface area contributed by atoms with E-state index in [1.54, 1.807) is 0 Å². The number of fused-ring (bicyclic) bond motifs is 1. The maximum atomic E-state index is 12.3. The lowest BCUT2D eigenvalue weighted by Crippen LogP contribution is -2.37. The van der Waals surface area contributed by atoms with Crippen LogP contribution in [0.5, 0.6) is 0 Å². The summed E-state index contributed by atoms with van der Waals surface area (Å²) in [5.74, 6) is -0.404. The van der Waals surface area contributed by atoms with Crippen molar-refractivity contribution in [3.8, 4) is 0 Å². The van der Waals surface area contributed by atoms with Crippen LogP contribution in [0.15, 0.2) is 39.9 Å². The lowest BCUT2D eigenvalue weighted by atomic mass is 10.2. The molecule has 128 valence electrons. The number of aryl methyl sites for hydroxylation is 2. The molecule has 0 aliphatic heterocycles. The van der Waals surface area contributed by atoms with Gasteiger partial charge in [0.15, 0.2) is 0 Å². The fraction of sp³-hybridized carbons (Fsp3) is 0.235. The second-order valence-electron chi connectivity index (χ2n) is 5.73. The molecule has 3 aromatic heterocycles. The first-order chi connectivity index (χ1) is 11.9. The Balaban J connectivity index is 1.92. The number of carbonyl (C=O) groups excluding carboxylic acids is 1. The number of hydrogen-bond acceptors (Lipinski definition) is 5. The molecule has 0 bridgehead atoms. The van der Waals surface area contributed by atoms with Gasteiger partial charge in [0.2, 0.25) is 0 Å². The van der Waals surface area contributed by atoms with Crippen LogP contribution in [0.25, 0.3) is 11.0 Å². The summed E-state index contributed by atoms with van der Waals surface area (Å²) in [6.45, 7) is 2.13. The van der Waals surface area contributed by atoms with Crippen molar-refractivity contribution in [2.75, 3.05) is 0 Å². The first kappa shape index (κ1) is 16.6. The molecule has 0 radical (unpaired) electrons. The number of nitrogens with one attached hydrogen (secondary N) is 1. The largest absolute Gasteiger partial charge is 0.345 e. The zero-order valence-corrected chi connectivity index (χ0v) is 14.1. The van der Waals surface area contributed by atoms with Gasteiger partial charge in [-0.15, -0.1) is 0 Å². The highest BCUT2D eigenvalue weighted by Gasteiger charge is 2.13. The Kier molecular flexibility index (Phi) is 4.18. The molecule has 0 aromatic carbocycles. The number of nitrogens with zero attached hydrogens (tertiary/aromatic N) is 4. The molecule has 0 saturated carbocycles. The zero-order chi connectivity index (χ0) is 18.1. The summed E-state index contributed by atoms with van der Waals surface area (Å²) in [5, 5.41) is 3.01. The Bertz CT molecular complexity index is 1100. The molecule has 0 spiro atoms. The lowest BCUT2D eigenvalue weighted by molar-refractivity contribution is 0.0945. The molecule has 3 aromatic rings. The molecule has 0 saturated heterocycles. The van der Waals surface area contributed by atoms with Crippen LogP contribution in [-0.4, -0.2) is 25.0 Å². The molecule has 0 aliphatic rings. The number of carbonyl (C=O) groups is 1. The summed E-state index contributed by atoms with van der Waals surface area (Å²) in [4.78, 5) is 44.9. The summed E-state index contributed by atoms with van der Waals surface area (Å²) in [5.41, 5.74) is 0.961. The van der Waals surface area contributed by atoms with Crippen molar-refractivity contribution in [3.63, 3.8) is 0 Å². The predicted octanol–water partition coefficient (Wildman–Crippen LogP) is 0.266. The van der Waals surface area contributed by atoms with Crippen LogP contribution in [0.3, 0.4) is 0 Å². The van der Waals surface area contributed by atoms with Crippen LogP contribution in [0.4, 0.5) is 0 Å². The van der Waals surface area contributed by atoms with Gasteiger partial charge in [0.1, 0.15) is 11.3 Å². The molecule has 3 rings (SSSR count). The van der Waals surface area contributed by atoms with Gasteiger partial charge < -0.3 is 5.32 Å². The van der Waals surface area contributed by atoms with Crippen LogP contribution < -0.4 is 16.6 Å². The first-order valence-electron chi connectivity index (χ1n) is 7.66. The third-order valence-corrected chi connectivity index (χ3v) is 3.91. The van der Waals surface area contributed by atoms with E-state index < -0.39 is 17.2 Å². The van der Waals surface area contributed by atoms with E-state index in [2.05, 4.69) is 15.3 Å². The Morgan fingerprint density at radius 3 is 2.56 bits per heavy atom. The molecule has 1 N–H and O–H groups in total. The van der Waals surface area contributed by atoms with Crippen molar-refractivity contribution in [3.05, 3.63) is 68.3 Å². The van der Waals surface area contributed by atoms with Gasteiger partial charge in [-0.2, -0.15) is 0 Å². The number of aromatic nitrogens is 4. The molecule has 8 heteroatoms. The van der Waals surface area contributed by atoms with E-state index >= 15 is 0 Å². The van der Waals surface area contributed by atoms with Crippen molar-refractivity contribution in [1.82, 2.24) is 24.4 Å². The molecular weight excluding hydrogens is 322 g/mol. The first-order valence-corrected chi connectivity index (χ1v) is 7.66. The monoisotopic (exact) mass is 339 g/mol. The second kappa shape index (κ2) is 6.31. The summed E-state index contributed by atoms with van der Waals surface area (Å²) < 4.78 is 2.25. The third kappa shape index (κ3) is 3.06. The van der Waals surface area contributed by atoms with Gasteiger partial charge in [-0.25, -0.2) is 9.78 Å². The quantitative estimate of drug-likeness (QED) is 0.738. The zero-order valence-electron chi connectivity index (χ0n) is 14.1. The molecule has 8 nitrogen and oxygen atoms in total. The SMILES string of the molecule is Cc1cccc(CNC(=O)c2ccc3c(=O)n(C)c(=O)n(C)c3n2)n1. The van der Waals surface area contributed by atoms with Gasteiger partial charge in [0.05, 0.1) is 17.6 Å². The molecule has 3 heterocycles. The molecule has 0 unspecified atom stereocenters. The molecular formula is C17H17N5O3. The van der Waals surface area contributed by atoms with E-state index in [1.807, 2.05) is 25.1 Å². The fourth-order valence-corrected chi connectivity index (χ4v) is 2.54. The number of amides is 1. The standard InChI is InChI=1S/C17H17N5O3/c1-10-5-4-6-11(19-10)9-18-15(23)13-8-7-12-14(20-13)21(2)17(25)22(3)16(12)24/h4-8H,9H2,1-3H3,(H,18,23). The number of pyridine rings is 2. The van der Waals surface area contributed by atoms with Crippen LogP contribution in [-0.2, 0) is 20.6 Å². The van der Waals surface area contributed by atoms with Crippen LogP contribution in [0, 0.1) is 6.92 Å². The maximum Gasteiger partial charge on any atom is 0.332 e. The van der Waals surface area contributed by atoms with Crippen molar-refractivity contribution in [2.24, 2.45) is 14.1 Å². The summed E-state index contributed by atoms with van der Waals surface area (Å²) >= 11 is 0. The van der Waals surface area contributed by atoms with Crippen molar-refractivity contribution in [1.29, 1.82) is 0 Å². The Morgan fingerprint density at radius 1 is 1.08 bits per heavy atom. The minimum absolute atomic E-state index is 0.128.